The van der Waals surface area contributed by atoms with Gasteiger partial charge in [-0.25, -0.2) is 4.98 Å². The Kier molecular flexibility index (Phi) is 5.35. The van der Waals surface area contributed by atoms with Crippen LogP contribution in [0.5, 0.6) is 5.75 Å². The third kappa shape index (κ3) is 4.02. The molecule has 0 saturated carbocycles. The highest BCUT2D eigenvalue weighted by Gasteiger charge is 2.17. The van der Waals surface area contributed by atoms with Crippen molar-refractivity contribution in [3.05, 3.63) is 42.2 Å². The van der Waals surface area contributed by atoms with Crippen molar-refractivity contribution in [1.82, 2.24) is 14.8 Å². The van der Waals surface area contributed by atoms with Gasteiger partial charge in [-0.1, -0.05) is 6.07 Å². The maximum Gasteiger partial charge on any atom is 0.274 e. The maximum absolute atomic E-state index is 12.9. The second-order valence-electron chi connectivity index (χ2n) is 7.25. The van der Waals surface area contributed by atoms with Gasteiger partial charge in [0.2, 0.25) is 0 Å². The van der Waals surface area contributed by atoms with Crippen LogP contribution in [0.1, 0.15) is 30.4 Å². The molecule has 0 atom stereocenters. The third-order valence-corrected chi connectivity index (χ3v) is 4.92. The second kappa shape index (κ2) is 8.08. The summed E-state index contributed by atoms with van der Waals surface area (Å²) in [4.78, 5) is 19.5. The number of pyridine rings is 1. The summed E-state index contributed by atoms with van der Waals surface area (Å²) in [5, 5.41) is 8.43. The number of ether oxygens (including phenoxy) is 2. The highest BCUT2D eigenvalue weighted by molar-refractivity contribution is 6.05. The van der Waals surface area contributed by atoms with Gasteiger partial charge in [0, 0.05) is 36.8 Å². The van der Waals surface area contributed by atoms with E-state index in [0.29, 0.717) is 30.3 Å². The summed E-state index contributed by atoms with van der Waals surface area (Å²) in [6.45, 7) is 7.00. The quantitative estimate of drug-likeness (QED) is 0.715. The van der Waals surface area contributed by atoms with Gasteiger partial charge in [0.05, 0.1) is 31.5 Å². The summed E-state index contributed by atoms with van der Waals surface area (Å²) in [7, 11) is 1.58. The summed E-state index contributed by atoms with van der Waals surface area (Å²) in [6.07, 6.45) is 1.96. The average Bonchev–Trinajstić information content (AvgIpc) is 3.17. The van der Waals surface area contributed by atoms with E-state index < -0.39 is 0 Å². The summed E-state index contributed by atoms with van der Waals surface area (Å²) in [5.41, 5.74) is 1.77. The van der Waals surface area contributed by atoms with Crippen LogP contribution in [0.15, 0.2) is 36.5 Å². The van der Waals surface area contributed by atoms with Crippen molar-refractivity contribution in [1.29, 1.82) is 0 Å². The normalized spacial score (nSPS) is 14.4. The van der Waals surface area contributed by atoms with Gasteiger partial charge in [-0.15, -0.1) is 0 Å². The van der Waals surface area contributed by atoms with E-state index >= 15 is 0 Å². The molecule has 1 aliphatic heterocycles. The van der Waals surface area contributed by atoms with Gasteiger partial charge in [0.1, 0.15) is 17.3 Å². The third-order valence-electron chi connectivity index (χ3n) is 4.92. The highest BCUT2D eigenvalue weighted by atomic mass is 16.5. The average molecular weight is 395 g/mol. The SMILES string of the molecule is COc1cc2nn(C(C)C)cc2cc1NC(=O)c1cccc(N2CCOCC2)n1. The van der Waals surface area contributed by atoms with Gasteiger partial charge in [-0.05, 0) is 32.0 Å². The lowest BCUT2D eigenvalue weighted by Gasteiger charge is -2.27. The molecule has 3 aromatic rings. The van der Waals surface area contributed by atoms with E-state index in [-0.39, 0.29) is 11.9 Å². The number of morpholine rings is 1. The number of carbonyl (C=O) groups is 1. The van der Waals surface area contributed by atoms with Crippen molar-refractivity contribution >= 4 is 28.3 Å². The van der Waals surface area contributed by atoms with Crippen molar-refractivity contribution in [2.75, 3.05) is 43.6 Å². The molecule has 0 bridgehead atoms. The highest BCUT2D eigenvalue weighted by Crippen LogP contribution is 2.30. The molecule has 2 aromatic heterocycles. The van der Waals surface area contributed by atoms with Crippen LogP contribution in [0.3, 0.4) is 0 Å². The molecular weight excluding hydrogens is 370 g/mol. The molecule has 0 aliphatic carbocycles. The molecule has 3 heterocycles. The minimum Gasteiger partial charge on any atom is -0.494 e. The topological polar surface area (TPSA) is 81.5 Å². The van der Waals surface area contributed by atoms with Crippen molar-refractivity contribution in [3.63, 3.8) is 0 Å². The predicted octanol–water partition coefficient (Wildman–Crippen LogP) is 3.11. The lowest BCUT2D eigenvalue weighted by atomic mass is 10.2. The van der Waals surface area contributed by atoms with E-state index in [1.807, 2.05) is 35.1 Å². The first-order valence-corrected chi connectivity index (χ1v) is 9.73. The molecule has 8 heteroatoms. The number of methoxy groups -OCH3 is 1. The molecule has 1 amide bonds. The molecule has 1 saturated heterocycles. The van der Waals surface area contributed by atoms with Crippen molar-refractivity contribution in [3.8, 4) is 5.75 Å². The largest absolute Gasteiger partial charge is 0.494 e. The standard InChI is InChI=1S/C21H25N5O3/c1-14(2)26-13-15-11-18(19(28-3)12-17(15)24-26)23-21(27)16-5-4-6-20(22-16)25-7-9-29-10-8-25/h4-6,11-14H,7-10H2,1-3H3,(H,23,27). The van der Waals surface area contributed by atoms with E-state index in [2.05, 4.69) is 34.1 Å². The molecule has 8 nitrogen and oxygen atoms in total. The Morgan fingerprint density at radius 2 is 2.03 bits per heavy atom. The van der Waals surface area contributed by atoms with Crippen LogP contribution < -0.4 is 15.0 Å². The summed E-state index contributed by atoms with van der Waals surface area (Å²) >= 11 is 0. The zero-order valence-corrected chi connectivity index (χ0v) is 16.9. The second-order valence-corrected chi connectivity index (χ2v) is 7.25. The summed E-state index contributed by atoms with van der Waals surface area (Å²) in [6, 6.07) is 9.43. The van der Waals surface area contributed by atoms with Crippen molar-refractivity contribution < 1.29 is 14.3 Å². The number of amides is 1. The van der Waals surface area contributed by atoms with Gasteiger partial charge in [-0.3, -0.25) is 9.48 Å². The summed E-state index contributed by atoms with van der Waals surface area (Å²) in [5.74, 6) is 1.06. The molecule has 1 fully saturated rings. The molecule has 1 N–H and O–H groups in total. The first-order chi connectivity index (χ1) is 14.0. The van der Waals surface area contributed by atoms with E-state index in [4.69, 9.17) is 9.47 Å². The first-order valence-electron chi connectivity index (χ1n) is 9.73. The molecule has 0 spiro atoms. The van der Waals surface area contributed by atoms with Gasteiger partial charge in [-0.2, -0.15) is 5.10 Å². The Balaban J connectivity index is 1.59. The van der Waals surface area contributed by atoms with E-state index in [9.17, 15) is 4.79 Å². The van der Waals surface area contributed by atoms with Crippen LogP contribution in [0.25, 0.3) is 10.9 Å². The Labute approximate surface area is 169 Å². The van der Waals surface area contributed by atoms with Gasteiger partial charge >= 0.3 is 0 Å². The number of hydrogen-bond acceptors (Lipinski definition) is 6. The number of nitrogens with zero attached hydrogens (tertiary/aromatic N) is 4. The van der Waals surface area contributed by atoms with Crippen molar-refractivity contribution in [2.45, 2.75) is 19.9 Å². The van der Waals surface area contributed by atoms with Crippen LogP contribution in [0.2, 0.25) is 0 Å². The molecular formula is C21H25N5O3. The molecule has 1 aromatic carbocycles. The van der Waals surface area contributed by atoms with Crippen LogP contribution in [-0.2, 0) is 4.74 Å². The number of benzene rings is 1. The number of fused-ring (bicyclic) bond motifs is 1. The van der Waals surface area contributed by atoms with Crippen LogP contribution in [-0.4, -0.2) is 54.1 Å². The van der Waals surface area contributed by atoms with Crippen LogP contribution in [0, 0.1) is 0 Å². The van der Waals surface area contributed by atoms with E-state index in [0.717, 1.165) is 29.8 Å². The zero-order chi connectivity index (χ0) is 20.4. The lowest BCUT2D eigenvalue weighted by molar-refractivity contribution is 0.102. The molecule has 0 radical (unpaired) electrons. The zero-order valence-electron chi connectivity index (χ0n) is 16.9. The van der Waals surface area contributed by atoms with Gasteiger partial charge < -0.3 is 19.7 Å². The molecule has 1 aliphatic rings. The fraction of sp³-hybridized carbons (Fsp3) is 0.381. The predicted molar refractivity (Wildman–Crippen MR) is 112 cm³/mol. The number of carbonyl (C=O) groups excluding carboxylic acids is 1. The number of nitrogens with one attached hydrogen (secondary N) is 1. The monoisotopic (exact) mass is 395 g/mol. The first kappa shape index (κ1) is 19.2. The van der Waals surface area contributed by atoms with E-state index in [1.54, 1.807) is 13.2 Å². The van der Waals surface area contributed by atoms with Gasteiger partial charge in [0.15, 0.2) is 0 Å². The Hall–Kier alpha value is -3.13. The lowest BCUT2D eigenvalue weighted by Crippen LogP contribution is -2.37. The Morgan fingerprint density at radius 3 is 2.76 bits per heavy atom. The molecule has 152 valence electrons. The number of rotatable bonds is 5. The number of hydrogen-bond donors (Lipinski definition) is 1. The van der Waals surface area contributed by atoms with Crippen LogP contribution >= 0.6 is 0 Å². The number of anilines is 2. The number of aromatic nitrogens is 3. The maximum atomic E-state index is 12.9. The minimum absolute atomic E-state index is 0.249. The smallest absolute Gasteiger partial charge is 0.274 e. The van der Waals surface area contributed by atoms with Gasteiger partial charge in [0.25, 0.3) is 5.91 Å². The minimum atomic E-state index is -0.283. The Bertz CT molecular complexity index is 1020. The van der Waals surface area contributed by atoms with Crippen molar-refractivity contribution in [2.24, 2.45) is 0 Å². The Morgan fingerprint density at radius 1 is 1.24 bits per heavy atom. The fourth-order valence-corrected chi connectivity index (χ4v) is 3.31. The molecule has 4 rings (SSSR count). The van der Waals surface area contributed by atoms with Crippen LogP contribution in [0.4, 0.5) is 11.5 Å². The molecule has 0 unspecified atom stereocenters. The fourth-order valence-electron chi connectivity index (χ4n) is 3.31. The van der Waals surface area contributed by atoms with E-state index in [1.165, 1.54) is 0 Å². The molecule has 29 heavy (non-hydrogen) atoms. The summed E-state index contributed by atoms with van der Waals surface area (Å²) < 4.78 is 12.7.